The Morgan fingerprint density at radius 1 is 1.03 bits per heavy atom. The van der Waals surface area contributed by atoms with Crippen molar-refractivity contribution < 1.29 is 13.2 Å². The van der Waals surface area contributed by atoms with Gasteiger partial charge in [-0.15, -0.1) is 0 Å². The SMILES string of the molecule is O=C(CN(Cc1ccc(Br)cc1)S(=O)(=O)c1ccccc1)NCCC1=CCCCC1. The lowest BCUT2D eigenvalue weighted by Crippen LogP contribution is -2.40. The molecule has 0 heterocycles. The molecule has 0 spiro atoms. The fourth-order valence-corrected chi connectivity index (χ4v) is 5.14. The first kappa shape index (κ1) is 22.7. The number of rotatable bonds is 9. The van der Waals surface area contributed by atoms with Gasteiger partial charge in [-0.3, -0.25) is 4.79 Å². The summed E-state index contributed by atoms with van der Waals surface area (Å²) in [7, 11) is -3.80. The second-order valence-electron chi connectivity index (χ2n) is 7.42. The highest BCUT2D eigenvalue weighted by atomic mass is 79.9. The van der Waals surface area contributed by atoms with E-state index in [2.05, 4.69) is 27.3 Å². The molecule has 0 bridgehead atoms. The van der Waals surface area contributed by atoms with Crippen LogP contribution >= 0.6 is 15.9 Å². The lowest BCUT2D eigenvalue weighted by Gasteiger charge is -2.22. The van der Waals surface area contributed by atoms with E-state index in [0.29, 0.717) is 6.54 Å². The fraction of sp³-hybridized carbons (Fsp3) is 0.348. The summed E-state index contributed by atoms with van der Waals surface area (Å²) in [5.74, 6) is -0.289. The van der Waals surface area contributed by atoms with Crippen molar-refractivity contribution in [1.29, 1.82) is 0 Å². The lowest BCUT2D eigenvalue weighted by molar-refractivity contribution is -0.121. The van der Waals surface area contributed by atoms with Gasteiger partial charge < -0.3 is 5.32 Å². The van der Waals surface area contributed by atoms with Crippen LogP contribution in [-0.2, 0) is 21.4 Å². The molecule has 30 heavy (non-hydrogen) atoms. The average Bonchev–Trinajstić information content (AvgIpc) is 2.76. The molecular formula is C23H27BrN2O3S. The average molecular weight is 491 g/mol. The van der Waals surface area contributed by atoms with Gasteiger partial charge in [0.25, 0.3) is 0 Å². The van der Waals surface area contributed by atoms with E-state index in [4.69, 9.17) is 0 Å². The molecular weight excluding hydrogens is 464 g/mol. The minimum absolute atomic E-state index is 0.128. The van der Waals surface area contributed by atoms with Gasteiger partial charge in [0, 0.05) is 17.6 Å². The fourth-order valence-electron chi connectivity index (χ4n) is 3.47. The second-order valence-corrected chi connectivity index (χ2v) is 10.3. The third kappa shape index (κ3) is 6.52. The van der Waals surface area contributed by atoms with Gasteiger partial charge in [-0.1, -0.05) is 57.9 Å². The first-order valence-corrected chi connectivity index (χ1v) is 12.4. The van der Waals surface area contributed by atoms with E-state index in [1.54, 1.807) is 30.3 Å². The van der Waals surface area contributed by atoms with Crippen LogP contribution in [0.3, 0.4) is 0 Å². The summed E-state index contributed by atoms with van der Waals surface area (Å²) in [5, 5.41) is 2.89. The highest BCUT2D eigenvalue weighted by Gasteiger charge is 2.26. The van der Waals surface area contributed by atoms with Crippen molar-refractivity contribution in [3.63, 3.8) is 0 Å². The van der Waals surface area contributed by atoms with Gasteiger partial charge in [-0.05, 0) is 61.9 Å². The van der Waals surface area contributed by atoms with Crippen molar-refractivity contribution in [2.45, 2.75) is 43.5 Å². The Labute approximate surface area is 187 Å². The van der Waals surface area contributed by atoms with Crippen LogP contribution in [0, 0.1) is 0 Å². The highest BCUT2D eigenvalue weighted by Crippen LogP contribution is 2.20. The van der Waals surface area contributed by atoms with Crippen molar-refractivity contribution in [3.05, 3.63) is 76.3 Å². The van der Waals surface area contributed by atoms with Gasteiger partial charge in [0.15, 0.2) is 0 Å². The van der Waals surface area contributed by atoms with E-state index < -0.39 is 10.0 Å². The number of amides is 1. The molecule has 2 aromatic rings. The van der Waals surface area contributed by atoms with Crippen molar-refractivity contribution in [2.75, 3.05) is 13.1 Å². The summed E-state index contributed by atoms with van der Waals surface area (Å²) in [6.07, 6.45) is 7.72. The van der Waals surface area contributed by atoms with Crippen LogP contribution in [0.15, 0.2) is 75.6 Å². The van der Waals surface area contributed by atoms with Crippen LogP contribution in [-0.4, -0.2) is 31.7 Å². The molecule has 1 aliphatic rings. The van der Waals surface area contributed by atoms with Crippen LogP contribution in [0.5, 0.6) is 0 Å². The number of hydrogen-bond donors (Lipinski definition) is 1. The first-order chi connectivity index (χ1) is 14.4. The van der Waals surface area contributed by atoms with Crippen molar-refractivity contribution >= 4 is 31.9 Å². The van der Waals surface area contributed by atoms with E-state index >= 15 is 0 Å². The monoisotopic (exact) mass is 490 g/mol. The zero-order chi connectivity index (χ0) is 21.4. The number of carbonyl (C=O) groups is 1. The topological polar surface area (TPSA) is 66.5 Å². The lowest BCUT2D eigenvalue weighted by atomic mass is 9.97. The smallest absolute Gasteiger partial charge is 0.243 e. The maximum absolute atomic E-state index is 13.2. The molecule has 1 amide bonds. The highest BCUT2D eigenvalue weighted by molar-refractivity contribution is 9.10. The van der Waals surface area contributed by atoms with Crippen LogP contribution < -0.4 is 5.32 Å². The summed E-state index contributed by atoms with van der Waals surface area (Å²) in [6, 6.07) is 15.7. The Morgan fingerprint density at radius 3 is 2.43 bits per heavy atom. The molecule has 3 rings (SSSR count). The third-order valence-corrected chi connectivity index (χ3v) is 7.46. The van der Waals surface area contributed by atoms with Gasteiger partial charge in [-0.25, -0.2) is 8.42 Å². The molecule has 0 radical (unpaired) electrons. The van der Waals surface area contributed by atoms with Crippen LogP contribution in [0.1, 0.15) is 37.7 Å². The maximum atomic E-state index is 13.2. The molecule has 1 aliphatic carbocycles. The minimum Gasteiger partial charge on any atom is -0.355 e. The number of carbonyl (C=O) groups excluding carboxylic acids is 1. The van der Waals surface area contributed by atoms with E-state index in [1.807, 2.05) is 24.3 Å². The predicted molar refractivity (Wildman–Crippen MR) is 122 cm³/mol. The maximum Gasteiger partial charge on any atom is 0.243 e. The van der Waals surface area contributed by atoms with Crippen LogP contribution in [0.25, 0.3) is 0 Å². The quantitative estimate of drug-likeness (QED) is 0.520. The van der Waals surface area contributed by atoms with E-state index in [-0.39, 0.29) is 23.9 Å². The number of halogens is 1. The zero-order valence-corrected chi connectivity index (χ0v) is 19.3. The van der Waals surface area contributed by atoms with Gasteiger partial charge in [-0.2, -0.15) is 4.31 Å². The Bertz CT molecular complexity index is 973. The van der Waals surface area contributed by atoms with E-state index in [9.17, 15) is 13.2 Å². The third-order valence-electron chi connectivity index (χ3n) is 5.13. The van der Waals surface area contributed by atoms with Crippen molar-refractivity contribution in [1.82, 2.24) is 9.62 Å². The molecule has 2 aromatic carbocycles. The number of allylic oxidation sites excluding steroid dienone is 1. The molecule has 0 aromatic heterocycles. The van der Waals surface area contributed by atoms with Crippen molar-refractivity contribution in [2.24, 2.45) is 0 Å². The predicted octanol–water partition coefficient (Wildman–Crippen LogP) is 4.65. The van der Waals surface area contributed by atoms with Gasteiger partial charge in [0.1, 0.15) is 0 Å². The normalized spacial score (nSPS) is 14.4. The van der Waals surface area contributed by atoms with E-state index in [0.717, 1.165) is 29.3 Å². The molecule has 0 unspecified atom stereocenters. The van der Waals surface area contributed by atoms with Crippen LogP contribution in [0.4, 0.5) is 0 Å². The molecule has 160 valence electrons. The molecule has 0 atom stereocenters. The van der Waals surface area contributed by atoms with Gasteiger partial charge in [0.2, 0.25) is 15.9 Å². The molecule has 0 saturated heterocycles. The first-order valence-electron chi connectivity index (χ1n) is 10.2. The summed E-state index contributed by atoms with van der Waals surface area (Å²) in [4.78, 5) is 12.8. The Kier molecular flexibility index (Phi) is 8.24. The Balaban J connectivity index is 1.69. The summed E-state index contributed by atoms with van der Waals surface area (Å²) < 4.78 is 28.5. The summed E-state index contributed by atoms with van der Waals surface area (Å²) in [6.45, 7) is 0.442. The Morgan fingerprint density at radius 2 is 1.77 bits per heavy atom. The number of benzene rings is 2. The summed E-state index contributed by atoms with van der Waals surface area (Å²) >= 11 is 3.39. The number of nitrogens with zero attached hydrogens (tertiary/aromatic N) is 1. The van der Waals surface area contributed by atoms with Gasteiger partial charge in [0.05, 0.1) is 11.4 Å². The number of hydrogen-bond acceptors (Lipinski definition) is 3. The zero-order valence-electron chi connectivity index (χ0n) is 16.9. The largest absolute Gasteiger partial charge is 0.355 e. The summed E-state index contributed by atoms with van der Waals surface area (Å²) in [5.41, 5.74) is 2.20. The molecule has 1 N–H and O–H groups in total. The molecule has 0 fully saturated rings. The molecule has 5 nitrogen and oxygen atoms in total. The number of nitrogens with one attached hydrogen (secondary N) is 1. The van der Waals surface area contributed by atoms with E-state index in [1.165, 1.54) is 22.7 Å². The Hall–Kier alpha value is -1.96. The molecule has 7 heteroatoms. The van der Waals surface area contributed by atoms with Crippen LogP contribution in [0.2, 0.25) is 0 Å². The second kappa shape index (κ2) is 10.9. The number of sulfonamides is 1. The minimum atomic E-state index is -3.80. The van der Waals surface area contributed by atoms with Crippen molar-refractivity contribution in [3.8, 4) is 0 Å². The molecule has 0 aliphatic heterocycles. The molecule has 0 saturated carbocycles. The van der Waals surface area contributed by atoms with Gasteiger partial charge >= 0.3 is 0 Å². The standard InChI is InChI=1S/C23H27BrN2O3S/c24-21-13-11-20(12-14-21)17-26(30(28,29)22-9-5-2-6-10-22)18-23(27)25-16-15-19-7-3-1-4-8-19/h2,5-7,9-14H,1,3-4,8,15-18H2,(H,25,27).